The molecule has 0 atom stereocenters. The molecule has 0 unspecified atom stereocenters. The van der Waals surface area contributed by atoms with E-state index in [9.17, 15) is 0 Å². The lowest BCUT2D eigenvalue weighted by Crippen LogP contribution is -1.99. The predicted molar refractivity (Wildman–Crippen MR) is 80.3 cm³/mol. The zero-order valence-corrected chi connectivity index (χ0v) is 12.4. The van der Waals surface area contributed by atoms with Gasteiger partial charge in [-0.15, -0.1) is 11.8 Å². The van der Waals surface area contributed by atoms with Crippen molar-refractivity contribution in [2.75, 3.05) is 6.26 Å². The summed E-state index contributed by atoms with van der Waals surface area (Å²) in [6, 6.07) is 13.9. The van der Waals surface area contributed by atoms with Gasteiger partial charge in [0.15, 0.2) is 0 Å². The van der Waals surface area contributed by atoms with E-state index in [0.717, 1.165) is 21.5 Å². The molecular weight excluding hydrogens is 310 g/mol. The second kappa shape index (κ2) is 6.27. The molecule has 0 saturated carbocycles. The maximum atomic E-state index is 5.86. The van der Waals surface area contributed by atoms with Gasteiger partial charge in [0.1, 0.15) is 11.5 Å². The van der Waals surface area contributed by atoms with E-state index in [1.165, 1.54) is 4.90 Å². The Morgan fingerprint density at radius 2 is 1.89 bits per heavy atom. The minimum atomic E-state index is 0.464. The molecule has 2 aromatic rings. The van der Waals surface area contributed by atoms with E-state index >= 15 is 0 Å². The average molecular weight is 324 g/mol. The summed E-state index contributed by atoms with van der Waals surface area (Å²) in [5.74, 6) is 1.62. The Hall–Kier alpha value is -0.970. The largest absolute Gasteiger partial charge is 0.457 e. The Morgan fingerprint density at radius 1 is 1.17 bits per heavy atom. The topological polar surface area (TPSA) is 35.2 Å². The highest BCUT2D eigenvalue weighted by Gasteiger charge is 2.04. The lowest BCUT2D eigenvalue weighted by atomic mass is 10.2. The van der Waals surface area contributed by atoms with Crippen molar-refractivity contribution >= 4 is 27.7 Å². The molecule has 0 radical (unpaired) electrons. The standard InChI is InChI=1S/C14H14BrNOS/c1-18-13-6-4-12(5-7-13)17-14-8-11(15)3-2-10(14)9-16/h2-8H,9,16H2,1H3. The van der Waals surface area contributed by atoms with Gasteiger partial charge in [-0.25, -0.2) is 0 Å². The van der Waals surface area contributed by atoms with Gasteiger partial charge in [-0.2, -0.15) is 0 Å². The van der Waals surface area contributed by atoms with Crippen molar-refractivity contribution in [2.45, 2.75) is 11.4 Å². The molecule has 0 bridgehead atoms. The Morgan fingerprint density at radius 3 is 2.50 bits per heavy atom. The molecule has 2 N–H and O–H groups in total. The van der Waals surface area contributed by atoms with Crippen LogP contribution in [0.5, 0.6) is 11.5 Å². The molecule has 2 nitrogen and oxygen atoms in total. The van der Waals surface area contributed by atoms with Gasteiger partial charge in [-0.1, -0.05) is 22.0 Å². The Balaban J connectivity index is 2.24. The fraction of sp³-hybridized carbons (Fsp3) is 0.143. The van der Waals surface area contributed by atoms with Gasteiger partial charge in [0.05, 0.1) is 0 Å². The molecule has 0 amide bonds. The maximum absolute atomic E-state index is 5.86. The van der Waals surface area contributed by atoms with Crippen LogP contribution in [0.2, 0.25) is 0 Å². The summed E-state index contributed by atoms with van der Waals surface area (Å²) < 4.78 is 6.84. The van der Waals surface area contributed by atoms with Crippen LogP contribution in [0.1, 0.15) is 5.56 Å². The number of hydrogen-bond acceptors (Lipinski definition) is 3. The lowest BCUT2D eigenvalue weighted by molar-refractivity contribution is 0.475. The molecule has 4 heteroatoms. The zero-order valence-electron chi connectivity index (χ0n) is 10.0. The summed E-state index contributed by atoms with van der Waals surface area (Å²) in [4.78, 5) is 1.22. The molecular formula is C14H14BrNOS. The van der Waals surface area contributed by atoms with Crippen molar-refractivity contribution in [2.24, 2.45) is 5.73 Å². The molecule has 0 saturated heterocycles. The molecule has 0 aliphatic rings. The highest BCUT2D eigenvalue weighted by molar-refractivity contribution is 9.10. The van der Waals surface area contributed by atoms with Crippen molar-refractivity contribution < 1.29 is 4.74 Å². The van der Waals surface area contributed by atoms with E-state index in [-0.39, 0.29) is 0 Å². The number of ether oxygens (including phenoxy) is 1. The number of halogens is 1. The normalized spacial score (nSPS) is 10.4. The summed E-state index contributed by atoms with van der Waals surface area (Å²) in [6.45, 7) is 0.464. The predicted octanol–water partition coefficient (Wildman–Crippen LogP) is 4.42. The fourth-order valence-corrected chi connectivity index (χ4v) is 2.31. The molecule has 18 heavy (non-hydrogen) atoms. The highest BCUT2D eigenvalue weighted by atomic mass is 79.9. The first kappa shape index (κ1) is 13.5. The Labute approximate surface area is 120 Å². The van der Waals surface area contributed by atoms with Crippen molar-refractivity contribution in [1.29, 1.82) is 0 Å². The minimum Gasteiger partial charge on any atom is -0.457 e. The van der Waals surface area contributed by atoms with Crippen LogP contribution in [-0.2, 0) is 6.54 Å². The SMILES string of the molecule is CSc1ccc(Oc2cc(Br)ccc2CN)cc1. The third-order valence-electron chi connectivity index (χ3n) is 2.54. The quantitative estimate of drug-likeness (QED) is 0.846. The Kier molecular flexibility index (Phi) is 4.69. The fourth-order valence-electron chi connectivity index (χ4n) is 1.56. The molecule has 0 aliphatic heterocycles. The molecule has 0 aliphatic carbocycles. The van der Waals surface area contributed by atoms with Gasteiger partial charge < -0.3 is 10.5 Å². The maximum Gasteiger partial charge on any atom is 0.133 e. The molecule has 0 fully saturated rings. The van der Waals surface area contributed by atoms with Gasteiger partial charge in [-0.3, -0.25) is 0 Å². The van der Waals surface area contributed by atoms with Crippen LogP contribution < -0.4 is 10.5 Å². The first-order chi connectivity index (χ1) is 8.72. The van der Waals surface area contributed by atoms with Gasteiger partial charge in [0.25, 0.3) is 0 Å². The van der Waals surface area contributed by atoms with E-state index in [2.05, 4.69) is 22.2 Å². The van der Waals surface area contributed by atoms with Crippen LogP contribution in [-0.4, -0.2) is 6.26 Å². The van der Waals surface area contributed by atoms with Crippen LogP contribution in [0.25, 0.3) is 0 Å². The van der Waals surface area contributed by atoms with Crippen molar-refractivity contribution in [3.05, 3.63) is 52.5 Å². The number of nitrogens with two attached hydrogens (primary N) is 1. The van der Waals surface area contributed by atoms with Crippen molar-refractivity contribution in [1.82, 2.24) is 0 Å². The number of benzene rings is 2. The summed E-state index contributed by atoms with van der Waals surface area (Å²) in [6.07, 6.45) is 2.05. The van der Waals surface area contributed by atoms with E-state index < -0.39 is 0 Å². The van der Waals surface area contributed by atoms with E-state index in [0.29, 0.717) is 6.54 Å². The summed E-state index contributed by atoms with van der Waals surface area (Å²) >= 11 is 5.15. The number of hydrogen-bond donors (Lipinski definition) is 1. The van der Waals surface area contributed by atoms with Crippen LogP contribution in [0.4, 0.5) is 0 Å². The van der Waals surface area contributed by atoms with Crippen LogP contribution in [0.15, 0.2) is 51.8 Å². The van der Waals surface area contributed by atoms with Gasteiger partial charge in [-0.05, 0) is 42.7 Å². The molecule has 0 aromatic heterocycles. The summed E-state index contributed by atoms with van der Waals surface area (Å²) in [5, 5.41) is 0. The van der Waals surface area contributed by atoms with Crippen molar-refractivity contribution in [3.8, 4) is 11.5 Å². The number of thioether (sulfide) groups is 1. The van der Waals surface area contributed by atoms with Gasteiger partial charge >= 0.3 is 0 Å². The monoisotopic (exact) mass is 323 g/mol. The van der Waals surface area contributed by atoms with Crippen molar-refractivity contribution in [3.63, 3.8) is 0 Å². The number of rotatable bonds is 4. The molecule has 0 spiro atoms. The van der Waals surface area contributed by atoms with Crippen LogP contribution >= 0.6 is 27.7 Å². The first-order valence-electron chi connectivity index (χ1n) is 5.53. The molecule has 2 aromatic carbocycles. The second-order valence-electron chi connectivity index (χ2n) is 3.73. The van der Waals surface area contributed by atoms with E-state index in [1.54, 1.807) is 11.8 Å². The second-order valence-corrected chi connectivity index (χ2v) is 5.53. The first-order valence-corrected chi connectivity index (χ1v) is 7.55. The third-order valence-corrected chi connectivity index (χ3v) is 3.77. The van der Waals surface area contributed by atoms with Gasteiger partial charge in [0.2, 0.25) is 0 Å². The smallest absolute Gasteiger partial charge is 0.133 e. The van der Waals surface area contributed by atoms with Crippen LogP contribution in [0.3, 0.4) is 0 Å². The summed E-state index contributed by atoms with van der Waals surface area (Å²) in [5.41, 5.74) is 6.69. The average Bonchev–Trinajstić information content (AvgIpc) is 2.40. The lowest BCUT2D eigenvalue weighted by Gasteiger charge is -2.10. The zero-order chi connectivity index (χ0) is 13.0. The molecule has 0 heterocycles. The minimum absolute atomic E-state index is 0.464. The van der Waals surface area contributed by atoms with E-state index in [1.807, 2.05) is 42.5 Å². The highest BCUT2D eigenvalue weighted by Crippen LogP contribution is 2.29. The summed E-state index contributed by atoms with van der Waals surface area (Å²) in [7, 11) is 0. The Bertz CT molecular complexity index is 528. The molecule has 94 valence electrons. The van der Waals surface area contributed by atoms with Gasteiger partial charge in [0, 0.05) is 21.5 Å². The molecule has 2 rings (SSSR count). The third kappa shape index (κ3) is 3.28. The van der Waals surface area contributed by atoms with Crippen LogP contribution in [0, 0.1) is 0 Å². The van der Waals surface area contributed by atoms with E-state index in [4.69, 9.17) is 10.5 Å².